The Kier molecular flexibility index (Phi) is 2.73. The molecule has 6 nitrogen and oxygen atoms in total. The molecule has 2 heterocycles. The van der Waals surface area contributed by atoms with E-state index in [4.69, 9.17) is 5.73 Å². The first-order valence-electron chi connectivity index (χ1n) is 4.93. The van der Waals surface area contributed by atoms with Gasteiger partial charge in [0.05, 0.1) is 10.7 Å². The van der Waals surface area contributed by atoms with E-state index in [-0.39, 0.29) is 5.41 Å². The van der Waals surface area contributed by atoms with Crippen molar-refractivity contribution in [2.24, 2.45) is 5.73 Å². The Bertz CT molecular complexity index is 455. The second kappa shape index (κ2) is 3.91. The quantitative estimate of drug-likeness (QED) is 0.814. The van der Waals surface area contributed by atoms with Gasteiger partial charge < -0.3 is 5.73 Å². The zero-order chi connectivity index (χ0) is 11.8. The monoisotopic (exact) mass is 238 g/mol. The third-order valence-corrected chi connectivity index (χ3v) is 3.41. The largest absolute Gasteiger partial charge is 0.316 e. The first kappa shape index (κ1) is 11.2. The fourth-order valence-electron chi connectivity index (χ4n) is 1.21. The molecule has 0 aliphatic carbocycles. The maximum atomic E-state index is 5.98. The highest BCUT2D eigenvalue weighted by molar-refractivity contribution is 7.09. The summed E-state index contributed by atoms with van der Waals surface area (Å²) in [6.45, 7) is 6.36. The minimum atomic E-state index is -0.411. The van der Waals surface area contributed by atoms with Crippen molar-refractivity contribution >= 4 is 11.3 Å². The molecular weight excluding hydrogens is 224 g/mol. The summed E-state index contributed by atoms with van der Waals surface area (Å²) in [5.74, 6) is 0.464. The van der Waals surface area contributed by atoms with E-state index in [0.717, 1.165) is 10.7 Å². The van der Waals surface area contributed by atoms with E-state index in [2.05, 4.69) is 46.4 Å². The number of H-pyrrole nitrogens is 1. The van der Waals surface area contributed by atoms with Gasteiger partial charge in [0.25, 0.3) is 0 Å². The lowest BCUT2D eigenvalue weighted by Crippen LogP contribution is -2.16. The Morgan fingerprint density at radius 2 is 2.19 bits per heavy atom. The zero-order valence-corrected chi connectivity index (χ0v) is 10.2. The molecule has 0 aromatic carbocycles. The molecule has 0 amide bonds. The molecule has 1 unspecified atom stereocenters. The zero-order valence-electron chi connectivity index (χ0n) is 9.43. The molecule has 7 heteroatoms. The van der Waals surface area contributed by atoms with Crippen LogP contribution in [0.1, 0.15) is 43.3 Å². The van der Waals surface area contributed by atoms with Gasteiger partial charge in [0.15, 0.2) is 5.82 Å². The van der Waals surface area contributed by atoms with Crippen molar-refractivity contribution in [3.63, 3.8) is 0 Å². The minimum Gasteiger partial charge on any atom is -0.316 e. The molecule has 0 aliphatic heterocycles. The van der Waals surface area contributed by atoms with Gasteiger partial charge in [0.1, 0.15) is 6.04 Å². The first-order chi connectivity index (χ1) is 7.48. The van der Waals surface area contributed by atoms with Gasteiger partial charge in [-0.25, -0.2) is 4.98 Å². The van der Waals surface area contributed by atoms with Crippen molar-refractivity contribution < 1.29 is 0 Å². The maximum Gasteiger partial charge on any atom is 0.197 e. The van der Waals surface area contributed by atoms with Crippen LogP contribution in [-0.2, 0) is 5.41 Å². The van der Waals surface area contributed by atoms with Gasteiger partial charge >= 0.3 is 0 Å². The molecule has 16 heavy (non-hydrogen) atoms. The first-order valence-corrected chi connectivity index (χ1v) is 5.81. The van der Waals surface area contributed by atoms with E-state index in [1.165, 1.54) is 0 Å². The van der Waals surface area contributed by atoms with Gasteiger partial charge in [-0.05, 0) is 0 Å². The molecule has 0 radical (unpaired) electrons. The van der Waals surface area contributed by atoms with Crippen LogP contribution in [0.25, 0.3) is 0 Å². The van der Waals surface area contributed by atoms with Crippen LogP contribution in [0.5, 0.6) is 0 Å². The highest BCUT2D eigenvalue weighted by Crippen LogP contribution is 2.28. The SMILES string of the molecule is CC(C)(C)c1nc(C(N)c2nn[nH]n2)cs1. The Morgan fingerprint density at radius 3 is 2.69 bits per heavy atom. The van der Waals surface area contributed by atoms with Crippen molar-refractivity contribution in [3.05, 3.63) is 21.9 Å². The number of nitrogens with two attached hydrogens (primary N) is 1. The van der Waals surface area contributed by atoms with Gasteiger partial charge in [-0.1, -0.05) is 26.0 Å². The molecule has 2 rings (SSSR count). The summed E-state index contributed by atoms with van der Waals surface area (Å²) in [7, 11) is 0. The summed E-state index contributed by atoms with van der Waals surface area (Å²) in [6.07, 6.45) is 0. The molecule has 2 aromatic heterocycles. The summed E-state index contributed by atoms with van der Waals surface area (Å²) in [4.78, 5) is 4.51. The molecule has 0 saturated carbocycles. The standard InChI is InChI=1S/C9H14N6S/c1-9(2,3)8-11-5(4-16-8)6(10)7-12-14-15-13-7/h4,6H,10H2,1-3H3,(H,12,13,14,15). The van der Waals surface area contributed by atoms with Crippen molar-refractivity contribution in [2.75, 3.05) is 0 Å². The van der Waals surface area contributed by atoms with Gasteiger partial charge in [-0.2, -0.15) is 5.21 Å². The van der Waals surface area contributed by atoms with Crippen molar-refractivity contribution in [2.45, 2.75) is 32.2 Å². The number of tetrazole rings is 1. The van der Waals surface area contributed by atoms with E-state index in [1.807, 2.05) is 5.38 Å². The number of rotatable bonds is 2. The molecule has 0 spiro atoms. The normalized spacial score (nSPS) is 14.0. The highest BCUT2D eigenvalue weighted by Gasteiger charge is 2.22. The Balaban J connectivity index is 2.26. The molecule has 1 atom stereocenters. The summed E-state index contributed by atoms with van der Waals surface area (Å²) >= 11 is 1.60. The average molecular weight is 238 g/mol. The van der Waals surface area contributed by atoms with Crippen molar-refractivity contribution in [3.8, 4) is 0 Å². The fourth-order valence-corrected chi connectivity index (χ4v) is 2.15. The topological polar surface area (TPSA) is 93.4 Å². The van der Waals surface area contributed by atoms with E-state index in [1.54, 1.807) is 11.3 Å². The summed E-state index contributed by atoms with van der Waals surface area (Å²) < 4.78 is 0. The predicted molar refractivity (Wildman–Crippen MR) is 61.0 cm³/mol. The Hall–Kier alpha value is -1.34. The van der Waals surface area contributed by atoms with Crippen LogP contribution >= 0.6 is 11.3 Å². The van der Waals surface area contributed by atoms with Crippen LogP contribution in [0.15, 0.2) is 5.38 Å². The number of aromatic amines is 1. The molecule has 3 N–H and O–H groups in total. The highest BCUT2D eigenvalue weighted by atomic mass is 32.1. The van der Waals surface area contributed by atoms with Gasteiger partial charge in [-0.15, -0.1) is 21.5 Å². The minimum absolute atomic E-state index is 0.0416. The van der Waals surface area contributed by atoms with Crippen LogP contribution in [0, 0.1) is 0 Å². The number of aromatic nitrogens is 5. The molecule has 2 aromatic rings. The average Bonchev–Trinajstić information content (AvgIpc) is 2.87. The van der Waals surface area contributed by atoms with Crippen LogP contribution in [0.4, 0.5) is 0 Å². The number of thiazole rings is 1. The number of hydrogen-bond acceptors (Lipinski definition) is 6. The molecule has 0 bridgehead atoms. The Labute approximate surface area is 97.3 Å². The van der Waals surface area contributed by atoms with E-state index in [9.17, 15) is 0 Å². The second-order valence-electron chi connectivity index (χ2n) is 4.58. The number of hydrogen-bond donors (Lipinski definition) is 2. The van der Waals surface area contributed by atoms with Crippen molar-refractivity contribution in [1.29, 1.82) is 0 Å². The maximum absolute atomic E-state index is 5.98. The number of nitrogens with one attached hydrogen (secondary N) is 1. The molecule has 0 aliphatic rings. The fraction of sp³-hybridized carbons (Fsp3) is 0.556. The van der Waals surface area contributed by atoms with Crippen LogP contribution in [0.3, 0.4) is 0 Å². The van der Waals surface area contributed by atoms with E-state index in [0.29, 0.717) is 5.82 Å². The van der Waals surface area contributed by atoms with E-state index < -0.39 is 6.04 Å². The van der Waals surface area contributed by atoms with Gasteiger partial charge in [0.2, 0.25) is 0 Å². The number of nitrogens with zero attached hydrogens (tertiary/aromatic N) is 4. The predicted octanol–water partition coefficient (Wildman–Crippen LogP) is 1.00. The summed E-state index contributed by atoms with van der Waals surface area (Å²) in [6, 6.07) is -0.411. The third-order valence-electron chi connectivity index (χ3n) is 2.12. The van der Waals surface area contributed by atoms with Gasteiger partial charge in [-0.3, -0.25) is 0 Å². The molecule has 86 valence electrons. The van der Waals surface area contributed by atoms with Crippen molar-refractivity contribution in [1.82, 2.24) is 25.6 Å². The van der Waals surface area contributed by atoms with E-state index >= 15 is 0 Å². The van der Waals surface area contributed by atoms with Crippen LogP contribution in [0.2, 0.25) is 0 Å². The van der Waals surface area contributed by atoms with Crippen LogP contribution in [-0.4, -0.2) is 25.6 Å². The summed E-state index contributed by atoms with van der Waals surface area (Å²) in [5.41, 5.74) is 6.81. The second-order valence-corrected chi connectivity index (χ2v) is 5.43. The molecular formula is C9H14N6S. The Morgan fingerprint density at radius 1 is 1.44 bits per heavy atom. The van der Waals surface area contributed by atoms with Crippen LogP contribution < -0.4 is 5.73 Å². The molecule has 0 fully saturated rings. The smallest absolute Gasteiger partial charge is 0.197 e. The summed E-state index contributed by atoms with van der Waals surface area (Å²) in [5, 5.41) is 16.6. The molecule has 0 saturated heterocycles. The lowest BCUT2D eigenvalue weighted by atomic mass is 9.98. The lowest BCUT2D eigenvalue weighted by Gasteiger charge is -2.13. The third kappa shape index (κ3) is 2.10. The lowest BCUT2D eigenvalue weighted by molar-refractivity contribution is 0.580. The van der Waals surface area contributed by atoms with Gasteiger partial charge in [0, 0.05) is 10.8 Å².